The van der Waals surface area contributed by atoms with Gasteiger partial charge in [-0.15, -0.1) is 0 Å². The van der Waals surface area contributed by atoms with E-state index in [4.69, 9.17) is 16.3 Å². The van der Waals surface area contributed by atoms with Crippen LogP contribution in [-0.2, 0) is 4.74 Å². The Morgan fingerprint density at radius 1 is 1.59 bits per heavy atom. The van der Waals surface area contributed by atoms with Crippen LogP contribution in [0.3, 0.4) is 0 Å². The maximum Gasteiger partial charge on any atom is 0.0974 e. The van der Waals surface area contributed by atoms with Crippen LogP contribution in [0.15, 0.2) is 18.3 Å². The van der Waals surface area contributed by atoms with Crippen molar-refractivity contribution in [2.45, 2.75) is 44.3 Å². The molecule has 1 N–H and O–H groups in total. The van der Waals surface area contributed by atoms with Crippen molar-refractivity contribution in [3.05, 3.63) is 29.0 Å². The lowest BCUT2D eigenvalue weighted by Crippen LogP contribution is -2.07. The number of hydrogen-bond acceptors (Lipinski definition) is 3. The van der Waals surface area contributed by atoms with E-state index in [0.29, 0.717) is 23.2 Å². The fraction of sp³-hybridized carbons (Fsp3) is 0.615. The van der Waals surface area contributed by atoms with Crippen molar-refractivity contribution < 1.29 is 9.84 Å². The first-order valence-electron chi connectivity index (χ1n) is 6.17. The first kappa shape index (κ1) is 12.8. The summed E-state index contributed by atoms with van der Waals surface area (Å²) in [6.07, 6.45) is 6.45. The summed E-state index contributed by atoms with van der Waals surface area (Å²) in [6, 6.07) is 3.53. The minimum Gasteiger partial charge on any atom is -0.387 e. The molecule has 1 fully saturated rings. The maximum atomic E-state index is 9.99. The Labute approximate surface area is 107 Å². The van der Waals surface area contributed by atoms with Crippen molar-refractivity contribution in [2.24, 2.45) is 0 Å². The molecule has 0 saturated carbocycles. The van der Waals surface area contributed by atoms with Gasteiger partial charge in [-0.2, -0.15) is 0 Å². The van der Waals surface area contributed by atoms with Crippen molar-refractivity contribution in [3.63, 3.8) is 0 Å². The number of nitrogens with zero attached hydrogens (tertiary/aromatic N) is 1. The van der Waals surface area contributed by atoms with Crippen molar-refractivity contribution in [1.29, 1.82) is 0 Å². The standard InChI is InChI=1S/C13H18ClNO2/c14-11-6-2-8-15-13(11)12(16)7-1-4-10-5-3-9-17-10/h2,6,8,10,12,16H,1,3-5,7,9H2. The number of rotatable bonds is 5. The largest absolute Gasteiger partial charge is 0.387 e. The first-order chi connectivity index (χ1) is 8.27. The molecule has 2 rings (SSSR count). The predicted molar refractivity (Wildman–Crippen MR) is 67.0 cm³/mol. The molecule has 1 aromatic heterocycles. The van der Waals surface area contributed by atoms with Gasteiger partial charge >= 0.3 is 0 Å². The summed E-state index contributed by atoms with van der Waals surface area (Å²) in [5.41, 5.74) is 0.585. The molecular formula is C13H18ClNO2. The Balaban J connectivity index is 1.77. The van der Waals surface area contributed by atoms with Gasteiger partial charge in [0.05, 0.1) is 22.9 Å². The van der Waals surface area contributed by atoms with E-state index >= 15 is 0 Å². The Morgan fingerprint density at radius 3 is 3.18 bits per heavy atom. The van der Waals surface area contributed by atoms with Crippen LogP contribution in [0.1, 0.15) is 43.9 Å². The molecule has 0 bridgehead atoms. The highest BCUT2D eigenvalue weighted by molar-refractivity contribution is 6.31. The lowest BCUT2D eigenvalue weighted by Gasteiger charge is -2.13. The van der Waals surface area contributed by atoms with Crippen LogP contribution in [0.2, 0.25) is 5.02 Å². The lowest BCUT2D eigenvalue weighted by atomic mass is 10.0. The maximum absolute atomic E-state index is 9.99. The van der Waals surface area contributed by atoms with Crippen LogP contribution in [0.4, 0.5) is 0 Å². The van der Waals surface area contributed by atoms with Gasteiger partial charge in [0.15, 0.2) is 0 Å². The third kappa shape index (κ3) is 3.66. The molecular weight excluding hydrogens is 238 g/mol. The van der Waals surface area contributed by atoms with E-state index < -0.39 is 6.10 Å². The van der Waals surface area contributed by atoms with E-state index in [1.807, 2.05) is 0 Å². The van der Waals surface area contributed by atoms with Gasteiger partial charge < -0.3 is 9.84 Å². The topological polar surface area (TPSA) is 42.4 Å². The van der Waals surface area contributed by atoms with Crippen LogP contribution < -0.4 is 0 Å². The van der Waals surface area contributed by atoms with Gasteiger partial charge in [-0.1, -0.05) is 11.6 Å². The molecule has 0 spiro atoms. The van der Waals surface area contributed by atoms with Gasteiger partial charge in [0.1, 0.15) is 0 Å². The van der Waals surface area contributed by atoms with Crippen molar-refractivity contribution in [2.75, 3.05) is 6.61 Å². The summed E-state index contributed by atoms with van der Waals surface area (Å²) >= 11 is 5.98. The van der Waals surface area contributed by atoms with Crippen LogP contribution >= 0.6 is 11.6 Å². The molecule has 0 radical (unpaired) electrons. The normalized spacial score (nSPS) is 21.6. The smallest absolute Gasteiger partial charge is 0.0974 e. The summed E-state index contributed by atoms with van der Waals surface area (Å²) < 4.78 is 5.54. The van der Waals surface area contributed by atoms with E-state index in [1.165, 1.54) is 6.42 Å². The second-order valence-electron chi connectivity index (χ2n) is 4.45. The van der Waals surface area contributed by atoms with Gasteiger partial charge in [0.2, 0.25) is 0 Å². The summed E-state index contributed by atoms with van der Waals surface area (Å²) in [5.74, 6) is 0. The molecule has 0 amide bonds. The molecule has 4 heteroatoms. The van der Waals surface area contributed by atoms with Crippen molar-refractivity contribution in [3.8, 4) is 0 Å². The van der Waals surface area contributed by atoms with Gasteiger partial charge in [0.25, 0.3) is 0 Å². The fourth-order valence-electron chi connectivity index (χ4n) is 2.19. The molecule has 1 aliphatic heterocycles. The molecule has 0 aliphatic carbocycles. The third-order valence-corrected chi connectivity index (χ3v) is 3.45. The highest BCUT2D eigenvalue weighted by atomic mass is 35.5. The number of pyridine rings is 1. The van der Waals surface area contributed by atoms with Gasteiger partial charge in [-0.05, 0) is 44.2 Å². The monoisotopic (exact) mass is 255 g/mol. The second-order valence-corrected chi connectivity index (χ2v) is 4.86. The van der Waals surface area contributed by atoms with Gasteiger partial charge in [0, 0.05) is 12.8 Å². The quantitative estimate of drug-likeness (QED) is 0.879. The molecule has 1 aliphatic rings. The highest BCUT2D eigenvalue weighted by Gasteiger charge is 2.17. The second kappa shape index (κ2) is 6.34. The zero-order valence-corrected chi connectivity index (χ0v) is 10.6. The highest BCUT2D eigenvalue weighted by Crippen LogP contribution is 2.25. The number of hydrogen-bond donors (Lipinski definition) is 1. The Morgan fingerprint density at radius 2 is 2.47 bits per heavy atom. The Hall–Kier alpha value is -0.640. The number of halogens is 1. The molecule has 94 valence electrons. The minimum atomic E-state index is -0.565. The zero-order valence-electron chi connectivity index (χ0n) is 9.81. The van der Waals surface area contributed by atoms with E-state index in [1.54, 1.807) is 18.3 Å². The molecule has 17 heavy (non-hydrogen) atoms. The van der Waals surface area contributed by atoms with E-state index in [9.17, 15) is 5.11 Å². The predicted octanol–water partition coefficient (Wildman–Crippen LogP) is 3.12. The van der Waals surface area contributed by atoms with Crippen LogP contribution in [0, 0.1) is 0 Å². The van der Waals surface area contributed by atoms with E-state index in [2.05, 4.69) is 4.98 Å². The molecule has 2 unspecified atom stereocenters. The molecule has 2 atom stereocenters. The van der Waals surface area contributed by atoms with Gasteiger partial charge in [-0.3, -0.25) is 4.98 Å². The van der Waals surface area contributed by atoms with Crippen LogP contribution in [0.25, 0.3) is 0 Å². The molecule has 1 saturated heterocycles. The van der Waals surface area contributed by atoms with Crippen molar-refractivity contribution >= 4 is 11.6 Å². The third-order valence-electron chi connectivity index (χ3n) is 3.13. The first-order valence-corrected chi connectivity index (χ1v) is 6.55. The number of aliphatic hydroxyl groups excluding tert-OH is 1. The summed E-state index contributed by atoms with van der Waals surface area (Å²) in [6.45, 7) is 0.888. The summed E-state index contributed by atoms with van der Waals surface area (Å²) in [4.78, 5) is 4.12. The minimum absolute atomic E-state index is 0.390. The SMILES string of the molecule is OC(CCCC1CCCO1)c1ncccc1Cl. The average molecular weight is 256 g/mol. The molecule has 3 nitrogen and oxygen atoms in total. The number of aromatic nitrogens is 1. The van der Waals surface area contributed by atoms with Crippen molar-refractivity contribution in [1.82, 2.24) is 4.98 Å². The number of ether oxygens (including phenoxy) is 1. The molecule has 1 aromatic rings. The van der Waals surface area contributed by atoms with Crippen LogP contribution in [-0.4, -0.2) is 22.8 Å². The number of aliphatic hydroxyl groups is 1. The Bertz CT molecular complexity index is 353. The van der Waals surface area contributed by atoms with E-state index in [0.717, 1.165) is 25.9 Å². The lowest BCUT2D eigenvalue weighted by molar-refractivity contribution is 0.0939. The van der Waals surface area contributed by atoms with E-state index in [-0.39, 0.29) is 0 Å². The average Bonchev–Trinajstić information content (AvgIpc) is 2.82. The van der Waals surface area contributed by atoms with Gasteiger partial charge in [-0.25, -0.2) is 0 Å². The summed E-state index contributed by atoms with van der Waals surface area (Å²) in [5, 5.41) is 10.5. The zero-order chi connectivity index (χ0) is 12.1. The molecule has 2 heterocycles. The molecule has 0 aromatic carbocycles. The summed E-state index contributed by atoms with van der Waals surface area (Å²) in [7, 11) is 0. The fourth-order valence-corrected chi connectivity index (χ4v) is 2.44. The Kier molecular flexibility index (Phi) is 4.77. The van der Waals surface area contributed by atoms with Crippen LogP contribution in [0.5, 0.6) is 0 Å².